The minimum Gasteiger partial charge on any atom is -0.477 e. The van der Waals surface area contributed by atoms with E-state index in [1.165, 1.54) is 6.92 Å². The molecule has 0 aliphatic rings. The van der Waals surface area contributed by atoms with E-state index in [9.17, 15) is 31.1 Å². The molecule has 3 rings (SSSR count). The Labute approximate surface area is 153 Å². The number of aliphatic carboxylic acids is 1. The van der Waals surface area contributed by atoms with Crippen LogP contribution in [0.5, 0.6) is 0 Å². The molecule has 5 nitrogen and oxygen atoms in total. The lowest BCUT2D eigenvalue weighted by Gasteiger charge is -2.14. The highest BCUT2D eigenvalue weighted by Crippen LogP contribution is 2.34. The van der Waals surface area contributed by atoms with E-state index in [1.807, 2.05) is 0 Å². The van der Waals surface area contributed by atoms with E-state index in [2.05, 4.69) is 10.1 Å². The van der Waals surface area contributed by atoms with E-state index in [-0.39, 0.29) is 16.7 Å². The number of rotatable bonds is 4. The average molecular weight is 403 g/mol. The van der Waals surface area contributed by atoms with Crippen LogP contribution in [0.15, 0.2) is 30.5 Å². The van der Waals surface area contributed by atoms with Gasteiger partial charge in [-0.05, 0) is 25.1 Å². The number of fused-ring (bicyclic) bond motifs is 1. The molecule has 0 bridgehead atoms. The van der Waals surface area contributed by atoms with Gasteiger partial charge in [0.05, 0.1) is 28.9 Å². The predicted octanol–water partition coefficient (Wildman–Crippen LogP) is 4.12. The summed E-state index contributed by atoms with van der Waals surface area (Å²) in [6, 6.07) is 3.20. The van der Waals surface area contributed by atoms with Gasteiger partial charge in [-0.3, -0.25) is 9.67 Å². The van der Waals surface area contributed by atoms with Gasteiger partial charge < -0.3 is 5.11 Å². The smallest absolute Gasteiger partial charge is 0.416 e. The number of carboxylic acids is 1. The molecule has 11 heteroatoms. The fraction of sp³-hybridized carbons (Fsp3) is 0.235. The van der Waals surface area contributed by atoms with Gasteiger partial charge in [-0.25, -0.2) is 9.18 Å². The summed E-state index contributed by atoms with van der Waals surface area (Å²) < 4.78 is 82.1. The Morgan fingerprint density at radius 3 is 2.50 bits per heavy atom. The number of pyridine rings is 1. The first kappa shape index (κ1) is 19.6. The van der Waals surface area contributed by atoms with Crippen LogP contribution in [0.1, 0.15) is 22.4 Å². The van der Waals surface area contributed by atoms with Crippen molar-refractivity contribution in [3.8, 4) is 0 Å². The summed E-state index contributed by atoms with van der Waals surface area (Å²) in [5.41, 5.74) is -2.80. The highest BCUT2D eigenvalue weighted by molar-refractivity contribution is 5.82. The summed E-state index contributed by atoms with van der Waals surface area (Å²) in [4.78, 5) is 14.5. The molecule has 0 fully saturated rings. The van der Waals surface area contributed by atoms with Gasteiger partial charge in [0.15, 0.2) is 0 Å². The van der Waals surface area contributed by atoms with Crippen molar-refractivity contribution in [2.24, 2.45) is 0 Å². The molecule has 0 radical (unpaired) electrons. The van der Waals surface area contributed by atoms with E-state index in [4.69, 9.17) is 5.11 Å². The van der Waals surface area contributed by atoms with Crippen LogP contribution in [0.4, 0.5) is 26.3 Å². The van der Waals surface area contributed by atoms with Crippen LogP contribution in [-0.2, 0) is 23.4 Å². The maximum Gasteiger partial charge on any atom is 0.416 e. The molecule has 0 spiro atoms. The van der Waals surface area contributed by atoms with Gasteiger partial charge >= 0.3 is 18.1 Å². The second-order valence-corrected chi connectivity index (χ2v) is 5.98. The molecule has 0 amide bonds. The zero-order chi connectivity index (χ0) is 20.9. The lowest BCUT2D eigenvalue weighted by molar-refractivity contribution is -0.166. The Bertz CT molecular complexity index is 1070. The summed E-state index contributed by atoms with van der Waals surface area (Å²) >= 11 is 0. The van der Waals surface area contributed by atoms with E-state index in [1.54, 1.807) is 0 Å². The van der Waals surface area contributed by atoms with Crippen LogP contribution in [0.25, 0.3) is 11.0 Å². The van der Waals surface area contributed by atoms with Crippen molar-refractivity contribution in [3.05, 3.63) is 58.7 Å². The minimum absolute atomic E-state index is 0.0786. The van der Waals surface area contributed by atoms with Crippen molar-refractivity contribution in [3.63, 3.8) is 0 Å². The number of aryl methyl sites for hydroxylation is 1. The Morgan fingerprint density at radius 1 is 1.21 bits per heavy atom. The first-order valence-corrected chi connectivity index (χ1v) is 7.72. The second kappa shape index (κ2) is 6.50. The van der Waals surface area contributed by atoms with Crippen LogP contribution >= 0.6 is 0 Å². The maximum atomic E-state index is 14.1. The predicted molar refractivity (Wildman–Crippen MR) is 84.3 cm³/mol. The van der Waals surface area contributed by atoms with Gasteiger partial charge in [0.2, 0.25) is 0 Å². The largest absolute Gasteiger partial charge is 0.477 e. The van der Waals surface area contributed by atoms with Crippen LogP contribution < -0.4 is 0 Å². The number of aromatic nitrogens is 3. The number of benzene rings is 1. The van der Waals surface area contributed by atoms with E-state index in [0.717, 1.165) is 22.9 Å². The van der Waals surface area contributed by atoms with E-state index >= 15 is 0 Å². The zero-order valence-electron chi connectivity index (χ0n) is 14.1. The molecule has 0 saturated heterocycles. The first-order chi connectivity index (χ1) is 12.9. The molecule has 0 unspecified atom stereocenters. The normalized spacial score (nSPS) is 12.5. The van der Waals surface area contributed by atoms with Crippen LogP contribution in [0.3, 0.4) is 0 Å². The number of alkyl halides is 5. The number of halogens is 6. The maximum absolute atomic E-state index is 14.1. The lowest BCUT2D eigenvalue weighted by atomic mass is 10.1. The molecule has 2 aromatic heterocycles. The fourth-order valence-corrected chi connectivity index (χ4v) is 2.76. The number of carboxylic acid groups (broad SMARTS) is 1. The van der Waals surface area contributed by atoms with Gasteiger partial charge in [-0.2, -0.15) is 27.1 Å². The Morgan fingerprint density at radius 2 is 1.89 bits per heavy atom. The highest BCUT2D eigenvalue weighted by atomic mass is 19.4. The quantitative estimate of drug-likeness (QED) is 0.666. The van der Waals surface area contributed by atoms with Gasteiger partial charge in [0.25, 0.3) is 0 Å². The molecule has 0 saturated carbocycles. The third kappa shape index (κ3) is 3.27. The Hall–Kier alpha value is -3.11. The van der Waals surface area contributed by atoms with Crippen molar-refractivity contribution in [1.29, 1.82) is 0 Å². The molecule has 1 aromatic carbocycles. The van der Waals surface area contributed by atoms with Crippen LogP contribution in [0, 0.1) is 12.7 Å². The third-order valence-corrected chi connectivity index (χ3v) is 4.12. The number of nitrogens with zero attached hydrogens (tertiary/aromatic N) is 3. The molecule has 0 atom stereocenters. The van der Waals surface area contributed by atoms with E-state index in [0.29, 0.717) is 12.3 Å². The summed E-state index contributed by atoms with van der Waals surface area (Å²) in [5, 5.41) is 12.6. The van der Waals surface area contributed by atoms with Crippen molar-refractivity contribution in [2.45, 2.75) is 25.6 Å². The highest BCUT2D eigenvalue weighted by Gasteiger charge is 2.42. The Kier molecular flexibility index (Phi) is 4.56. The van der Waals surface area contributed by atoms with Crippen LogP contribution in [0.2, 0.25) is 0 Å². The summed E-state index contributed by atoms with van der Waals surface area (Å²) in [7, 11) is 0. The van der Waals surface area contributed by atoms with Crippen LogP contribution in [-0.4, -0.2) is 25.8 Å². The molecule has 0 aliphatic carbocycles. The van der Waals surface area contributed by atoms with Gasteiger partial charge in [0, 0.05) is 11.8 Å². The van der Waals surface area contributed by atoms with Crippen molar-refractivity contribution >= 4 is 17.0 Å². The Balaban J connectivity index is 2.17. The SMILES string of the molecule is Cc1nn(Cc2c(F)cccc2C(F)(F)F)c2cc(C(F)(F)C(=O)O)cnc12. The summed E-state index contributed by atoms with van der Waals surface area (Å²) in [6.07, 6.45) is -4.19. The molecule has 1 N–H and O–H groups in total. The molecule has 148 valence electrons. The number of hydrogen-bond donors (Lipinski definition) is 1. The van der Waals surface area contributed by atoms with Crippen molar-refractivity contribution in [2.75, 3.05) is 0 Å². The molecule has 0 aliphatic heterocycles. The monoisotopic (exact) mass is 403 g/mol. The number of carbonyl (C=O) groups is 1. The number of hydrogen-bond acceptors (Lipinski definition) is 3. The van der Waals surface area contributed by atoms with E-state index < -0.39 is 47.1 Å². The topological polar surface area (TPSA) is 68.0 Å². The third-order valence-electron chi connectivity index (χ3n) is 4.12. The lowest BCUT2D eigenvalue weighted by Crippen LogP contribution is -2.25. The van der Waals surface area contributed by atoms with Gasteiger partial charge in [-0.15, -0.1) is 0 Å². The average Bonchev–Trinajstić information content (AvgIpc) is 2.91. The van der Waals surface area contributed by atoms with Crippen molar-refractivity contribution < 1.29 is 36.2 Å². The molecule has 28 heavy (non-hydrogen) atoms. The zero-order valence-corrected chi connectivity index (χ0v) is 14.1. The first-order valence-electron chi connectivity index (χ1n) is 7.72. The molecule has 2 heterocycles. The molecule has 3 aromatic rings. The molecular formula is C17H11F6N3O2. The fourth-order valence-electron chi connectivity index (χ4n) is 2.76. The molecular weight excluding hydrogens is 392 g/mol. The summed E-state index contributed by atoms with van der Waals surface area (Å²) in [6.45, 7) is 0.725. The minimum atomic E-state index is -4.84. The standard InChI is InChI=1S/C17H11F6N3O2/c1-8-14-13(5-9(6-24-14)16(19,20)15(27)28)26(25-8)7-10-11(17(21,22)23)3-2-4-12(10)18/h2-6H,7H2,1H3,(H,27,28). The summed E-state index contributed by atoms with van der Waals surface area (Å²) in [5.74, 6) is -7.82. The van der Waals surface area contributed by atoms with Gasteiger partial charge in [0.1, 0.15) is 11.3 Å². The van der Waals surface area contributed by atoms with Crippen molar-refractivity contribution in [1.82, 2.24) is 14.8 Å². The van der Waals surface area contributed by atoms with Gasteiger partial charge in [-0.1, -0.05) is 6.07 Å². The second-order valence-electron chi connectivity index (χ2n) is 5.98.